The number of para-hydroxylation sites is 2. The number of hydrogen-bond donors (Lipinski definition) is 0. The van der Waals surface area contributed by atoms with Crippen LogP contribution in [0.2, 0.25) is 0 Å². The van der Waals surface area contributed by atoms with Crippen LogP contribution in [0, 0.1) is 34.0 Å². The van der Waals surface area contributed by atoms with E-state index in [0.717, 1.165) is 105 Å². The van der Waals surface area contributed by atoms with Gasteiger partial charge in [0.05, 0.1) is 68.3 Å². The first-order chi connectivity index (χ1) is 36.6. The van der Waals surface area contributed by atoms with Crippen LogP contribution in [0.5, 0.6) is 0 Å². The van der Waals surface area contributed by atoms with E-state index in [2.05, 4.69) is 130 Å². The zero-order valence-corrected chi connectivity index (χ0v) is 39.5. The molecule has 74 heavy (non-hydrogen) atoms. The highest BCUT2D eigenvalue weighted by Gasteiger charge is 2.24. The van der Waals surface area contributed by atoms with Gasteiger partial charge in [-0.05, 0) is 95.1 Å². The van der Waals surface area contributed by atoms with Gasteiger partial charge in [0.15, 0.2) is 17.5 Å². The van der Waals surface area contributed by atoms with E-state index in [9.17, 15) is 15.8 Å². The molecule has 3 aromatic heterocycles. The monoisotopic (exact) mass is 942 g/mol. The van der Waals surface area contributed by atoms with Crippen LogP contribution in [-0.4, -0.2) is 24.1 Å². The Kier molecular flexibility index (Phi) is 10.5. The number of nitriles is 3. The lowest BCUT2D eigenvalue weighted by molar-refractivity contribution is 1.07. The molecule has 0 fully saturated rings. The molecule has 13 rings (SSSR count). The van der Waals surface area contributed by atoms with E-state index in [1.807, 2.05) is 127 Å². The molecule has 0 aliphatic heterocycles. The quantitative estimate of drug-likeness (QED) is 0.150. The molecule has 0 bridgehead atoms. The molecule has 0 amide bonds. The van der Waals surface area contributed by atoms with Crippen molar-refractivity contribution < 1.29 is 0 Å². The molecule has 8 heteroatoms. The minimum absolute atomic E-state index is 0.504. The summed E-state index contributed by atoms with van der Waals surface area (Å²) in [5, 5.41) is 35.0. The predicted octanol–water partition coefficient (Wildman–Crippen LogP) is 15.7. The van der Waals surface area contributed by atoms with Crippen molar-refractivity contribution in [2.75, 3.05) is 0 Å². The molecule has 0 saturated carbocycles. The van der Waals surface area contributed by atoms with Crippen molar-refractivity contribution in [2.24, 2.45) is 0 Å². The summed E-state index contributed by atoms with van der Waals surface area (Å²) in [4.78, 5) is 15.4. The average Bonchev–Trinajstić information content (AvgIpc) is 4.03. The number of nitrogens with zero attached hydrogens (tertiary/aromatic N) is 8. The smallest absolute Gasteiger partial charge is 0.164 e. The van der Waals surface area contributed by atoms with Crippen LogP contribution >= 0.6 is 0 Å². The van der Waals surface area contributed by atoms with E-state index in [4.69, 9.17) is 15.0 Å². The molecule has 10 aromatic carbocycles. The Morgan fingerprint density at radius 1 is 0.284 bits per heavy atom. The molecule has 0 spiro atoms. The lowest BCUT2D eigenvalue weighted by atomic mass is 9.96. The molecule has 342 valence electrons. The van der Waals surface area contributed by atoms with E-state index in [-0.39, 0.29) is 0 Å². The van der Waals surface area contributed by atoms with Crippen molar-refractivity contribution in [3.63, 3.8) is 0 Å². The zero-order chi connectivity index (χ0) is 49.7. The van der Waals surface area contributed by atoms with Crippen LogP contribution in [0.25, 0.3) is 123 Å². The number of hydrogen-bond acceptors (Lipinski definition) is 6. The fraction of sp³-hybridized carbons (Fsp3) is 0. The van der Waals surface area contributed by atoms with Crippen molar-refractivity contribution in [3.8, 4) is 97.1 Å². The minimum atomic E-state index is 0.504. The highest BCUT2D eigenvalue weighted by Crippen LogP contribution is 2.44. The maximum Gasteiger partial charge on any atom is 0.164 e. The standard InChI is InChI=1S/C66H38N8/c67-39-42-27-32-60(73-58-25-13-11-23-52(58)56-36-45(29-33-61(56)73)50-21-9-7-19-48(50)40-68)55(35-42)54-31-28-47(66-71-64(43-15-3-1-4-16-43)70-65(72-66)44-17-5-2-6-18-44)38-63(54)74-59-26-14-12-24-53(59)57-37-46(30-34-62(57)74)51-22-10-8-20-49(51)41-69/h1-38H. The van der Waals surface area contributed by atoms with E-state index < -0.39 is 0 Å². The molecule has 0 unspecified atom stereocenters. The molecule has 8 nitrogen and oxygen atoms in total. The highest BCUT2D eigenvalue weighted by atomic mass is 15.0. The van der Waals surface area contributed by atoms with Crippen molar-refractivity contribution >= 4 is 43.6 Å². The second-order valence-corrected chi connectivity index (χ2v) is 18.1. The van der Waals surface area contributed by atoms with Gasteiger partial charge in [-0.2, -0.15) is 15.8 Å². The van der Waals surface area contributed by atoms with Gasteiger partial charge >= 0.3 is 0 Å². The van der Waals surface area contributed by atoms with E-state index in [1.54, 1.807) is 0 Å². The van der Waals surface area contributed by atoms with Crippen LogP contribution in [0.4, 0.5) is 0 Å². The Hall–Kier alpha value is -10.7. The Morgan fingerprint density at radius 3 is 1.26 bits per heavy atom. The fourth-order valence-electron chi connectivity index (χ4n) is 10.5. The van der Waals surface area contributed by atoms with Gasteiger partial charge < -0.3 is 9.13 Å². The largest absolute Gasteiger partial charge is 0.309 e. The van der Waals surface area contributed by atoms with Crippen LogP contribution in [0.1, 0.15) is 16.7 Å². The van der Waals surface area contributed by atoms with Gasteiger partial charge in [-0.25, -0.2) is 15.0 Å². The first-order valence-electron chi connectivity index (χ1n) is 24.2. The summed E-state index contributed by atoms with van der Waals surface area (Å²) in [7, 11) is 0. The van der Waals surface area contributed by atoms with Gasteiger partial charge in [0, 0.05) is 49.4 Å². The number of aromatic nitrogens is 5. The third kappa shape index (κ3) is 7.25. The van der Waals surface area contributed by atoms with E-state index >= 15 is 0 Å². The molecule has 0 radical (unpaired) electrons. The van der Waals surface area contributed by atoms with E-state index in [1.165, 1.54) is 0 Å². The van der Waals surface area contributed by atoms with Crippen LogP contribution in [0.3, 0.4) is 0 Å². The molecule has 0 aliphatic rings. The van der Waals surface area contributed by atoms with Crippen LogP contribution in [-0.2, 0) is 0 Å². The maximum atomic E-state index is 10.7. The summed E-state index contributed by atoms with van der Waals surface area (Å²) in [5.41, 5.74) is 15.2. The molecule has 0 aliphatic carbocycles. The number of fused-ring (bicyclic) bond motifs is 6. The van der Waals surface area contributed by atoms with Gasteiger partial charge in [-0.1, -0.05) is 158 Å². The Morgan fingerprint density at radius 2 is 0.730 bits per heavy atom. The summed E-state index contributed by atoms with van der Waals surface area (Å²) in [6.45, 7) is 0. The molecule has 0 atom stereocenters. The fourth-order valence-corrected chi connectivity index (χ4v) is 10.5. The van der Waals surface area contributed by atoms with Gasteiger partial charge in [0.1, 0.15) is 0 Å². The summed E-state index contributed by atoms with van der Waals surface area (Å²) in [5.74, 6) is 1.61. The van der Waals surface area contributed by atoms with E-state index in [0.29, 0.717) is 34.2 Å². The lowest BCUT2D eigenvalue weighted by Crippen LogP contribution is -2.04. The second-order valence-electron chi connectivity index (χ2n) is 18.1. The first kappa shape index (κ1) is 43.3. The summed E-state index contributed by atoms with van der Waals surface area (Å²) >= 11 is 0. The summed E-state index contributed by atoms with van der Waals surface area (Å²) < 4.78 is 4.59. The molecule has 13 aromatic rings. The number of rotatable bonds is 8. The summed E-state index contributed by atoms with van der Waals surface area (Å²) in [6, 6.07) is 84.4. The van der Waals surface area contributed by atoms with Crippen molar-refractivity contribution in [3.05, 3.63) is 247 Å². The normalized spacial score (nSPS) is 11.2. The topological polar surface area (TPSA) is 120 Å². The van der Waals surface area contributed by atoms with Gasteiger partial charge in [-0.3, -0.25) is 0 Å². The first-order valence-corrected chi connectivity index (χ1v) is 24.2. The number of benzene rings is 10. The van der Waals surface area contributed by atoms with Crippen molar-refractivity contribution in [2.45, 2.75) is 0 Å². The molecular formula is C66H38N8. The Balaban J connectivity index is 1.10. The SMILES string of the molecule is N#Cc1ccc(-n2c3ccccc3c3cc(-c4ccccc4C#N)ccc32)c(-c2ccc(-c3nc(-c4ccccc4)nc(-c4ccccc4)n3)cc2-n2c3ccccc3c3cc(-c4ccccc4C#N)ccc32)c1. The van der Waals surface area contributed by atoms with Crippen molar-refractivity contribution in [1.29, 1.82) is 15.8 Å². The predicted molar refractivity (Wildman–Crippen MR) is 295 cm³/mol. The third-order valence-electron chi connectivity index (χ3n) is 13.9. The highest BCUT2D eigenvalue weighted by molar-refractivity contribution is 6.13. The molecule has 3 heterocycles. The summed E-state index contributed by atoms with van der Waals surface area (Å²) in [6.07, 6.45) is 0. The van der Waals surface area contributed by atoms with Gasteiger partial charge in [-0.15, -0.1) is 0 Å². The lowest BCUT2D eigenvalue weighted by Gasteiger charge is -2.20. The average molecular weight is 943 g/mol. The van der Waals surface area contributed by atoms with Gasteiger partial charge in [0.2, 0.25) is 0 Å². The third-order valence-corrected chi connectivity index (χ3v) is 13.9. The Labute approximate surface area is 425 Å². The molecule has 0 N–H and O–H groups in total. The molecular weight excluding hydrogens is 905 g/mol. The van der Waals surface area contributed by atoms with Crippen molar-refractivity contribution in [1.82, 2.24) is 24.1 Å². The minimum Gasteiger partial charge on any atom is -0.309 e. The van der Waals surface area contributed by atoms with Crippen LogP contribution < -0.4 is 0 Å². The Bertz CT molecular complexity index is 4470. The maximum absolute atomic E-state index is 10.7. The van der Waals surface area contributed by atoms with Crippen LogP contribution in [0.15, 0.2) is 231 Å². The van der Waals surface area contributed by atoms with Gasteiger partial charge in [0.25, 0.3) is 0 Å². The second kappa shape index (κ2) is 17.9. The zero-order valence-electron chi connectivity index (χ0n) is 39.5. The molecule has 0 saturated heterocycles.